The van der Waals surface area contributed by atoms with E-state index in [0.29, 0.717) is 6.54 Å². The van der Waals surface area contributed by atoms with E-state index >= 15 is 0 Å². The third-order valence-electron chi connectivity index (χ3n) is 4.57. The average molecular weight is 327 g/mol. The molecule has 1 aliphatic rings. The van der Waals surface area contributed by atoms with Crippen molar-refractivity contribution in [1.29, 1.82) is 0 Å². The van der Waals surface area contributed by atoms with Gasteiger partial charge in [0.05, 0.1) is 12.6 Å². The van der Waals surface area contributed by atoms with Gasteiger partial charge in [-0.1, -0.05) is 36.4 Å². The van der Waals surface area contributed by atoms with E-state index in [9.17, 15) is 10.2 Å². The molecule has 1 aliphatic heterocycles. The highest BCUT2D eigenvalue weighted by molar-refractivity contribution is 5.32. The van der Waals surface area contributed by atoms with E-state index in [4.69, 9.17) is 4.74 Å². The molecule has 0 spiro atoms. The zero-order chi connectivity index (χ0) is 16.9. The number of nitrogens with zero attached hydrogens (tertiary/aromatic N) is 1. The van der Waals surface area contributed by atoms with Crippen LogP contribution in [-0.4, -0.2) is 47.5 Å². The van der Waals surface area contributed by atoms with Gasteiger partial charge in [0, 0.05) is 13.1 Å². The van der Waals surface area contributed by atoms with Crippen LogP contribution >= 0.6 is 0 Å². The van der Waals surface area contributed by atoms with Crippen LogP contribution < -0.4 is 4.74 Å². The van der Waals surface area contributed by atoms with Crippen LogP contribution in [-0.2, 0) is 6.42 Å². The molecule has 4 heteroatoms. The summed E-state index contributed by atoms with van der Waals surface area (Å²) in [5.41, 5.74) is 3.59. The smallest absolute Gasteiger partial charge is 0.119 e. The first-order valence-corrected chi connectivity index (χ1v) is 8.47. The Bertz CT molecular complexity index is 673. The van der Waals surface area contributed by atoms with E-state index in [2.05, 4.69) is 17.0 Å². The van der Waals surface area contributed by atoms with Gasteiger partial charge in [-0.05, 0) is 42.2 Å². The normalized spacial score (nSPS) is 18.9. The number of aryl methyl sites for hydroxylation is 1. The van der Waals surface area contributed by atoms with Gasteiger partial charge in [-0.25, -0.2) is 0 Å². The van der Waals surface area contributed by atoms with Crippen molar-refractivity contribution in [2.24, 2.45) is 0 Å². The monoisotopic (exact) mass is 327 g/mol. The van der Waals surface area contributed by atoms with Crippen LogP contribution in [0.3, 0.4) is 0 Å². The van der Waals surface area contributed by atoms with E-state index in [0.717, 1.165) is 29.8 Å². The van der Waals surface area contributed by atoms with Crippen molar-refractivity contribution in [1.82, 2.24) is 4.90 Å². The summed E-state index contributed by atoms with van der Waals surface area (Å²) in [5.74, 6) is 0.775. The average Bonchev–Trinajstić information content (AvgIpc) is 2.60. The second-order valence-electron chi connectivity index (χ2n) is 6.42. The SMILES string of the molecule is Cc1cccc(OCC(O)CN2CCc3ccccc3C2CO)c1. The van der Waals surface area contributed by atoms with Gasteiger partial charge in [-0.15, -0.1) is 0 Å². The van der Waals surface area contributed by atoms with Gasteiger partial charge in [0.15, 0.2) is 0 Å². The largest absolute Gasteiger partial charge is 0.491 e. The molecule has 128 valence electrons. The summed E-state index contributed by atoms with van der Waals surface area (Å²) in [7, 11) is 0. The molecule has 0 amide bonds. The molecule has 2 aromatic carbocycles. The van der Waals surface area contributed by atoms with E-state index in [1.165, 1.54) is 5.56 Å². The summed E-state index contributed by atoms with van der Waals surface area (Å²) in [6.45, 7) is 3.65. The van der Waals surface area contributed by atoms with Crippen LogP contribution in [0.25, 0.3) is 0 Å². The second-order valence-corrected chi connectivity index (χ2v) is 6.42. The van der Waals surface area contributed by atoms with Crippen molar-refractivity contribution in [3.05, 3.63) is 65.2 Å². The summed E-state index contributed by atoms with van der Waals surface area (Å²) in [5, 5.41) is 20.2. The lowest BCUT2D eigenvalue weighted by atomic mass is 9.93. The Hall–Kier alpha value is -1.88. The van der Waals surface area contributed by atoms with Gasteiger partial charge < -0.3 is 14.9 Å². The molecule has 0 aliphatic carbocycles. The minimum Gasteiger partial charge on any atom is -0.491 e. The fourth-order valence-corrected chi connectivity index (χ4v) is 3.36. The van der Waals surface area contributed by atoms with Gasteiger partial charge in [-0.2, -0.15) is 0 Å². The summed E-state index contributed by atoms with van der Waals surface area (Å²) in [6, 6.07) is 16.0. The lowest BCUT2D eigenvalue weighted by Gasteiger charge is -2.37. The molecule has 2 N–H and O–H groups in total. The number of β-amino-alcohol motifs (C(OH)–C–C–N with tert-alkyl or cyclic N) is 1. The molecule has 0 saturated carbocycles. The van der Waals surface area contributed by atoms with Crippen molar-refractivity contribution in [2.75, 3.05) is 26.3 Å². The predicted octanol–water partition coefficient (Wildman–Crippen LogP) is 2.33. The first kappa shape index (κ1) is 17.0. The third kappa shape index (κ3) is 3.96. The Labute approximate surface area is 143 Å². The number of aliphatic hydroxyl groups is 2. The van der Waals surface area contributed by atoms with E-state index in [1.54, 1.807) is 0 Å². The standard InChI is InChI=1S/C20H25NO3/c1-15-5-4-7-18(11-15)24-14-17(23)12-21-10-9-16-6-2-3-8-19(16)20(21)13-22/h2-8,11,17,20,22-23H,9-10,12-14H2,1H3. The maximum Gasteiger partial charge on any atom is 0.119 e. The molecule has 3 rings (SSSR count). The molecule has 0 bridgehead atoms. The molecule has 2 aromatic rings. The minimum absolute atomic E-state index is 0.0523. The van der Waals surface area contributed by atoms with Crippen LogP contribution in [0.1, 0.15) is 22.7 Å². The molecule has 0 fully saturated rings. The lowest BCUT2D eigenvalue weighted by molar-refractivity contribution is 0.0334. The van der Waals surface area contributed by atoms with E-state index in [-0.39, 0.29) is 19.3 Å². The van der Waals surface area contributed by atoms with Gasteiger partial charge in [0.1, 0.15) is 18.5 Å². The molecule has 2 atom stereocenters. The first-order chi connectivity index (χ1) is 11.7. The molecule has 0 saturated heterocycles. The molecule has 0 radical (unpaired) electrons. The Morgan fingerprint density at radius 3 is 2.83 bits per heavy atom. The number of hydrogen-bond donors (Lipinski definition) is 2. The topological polar surface area (TPSA) is 52.9 Å². The quantitative estimate of drug-likeness (QED) is 0.855. The van der Waals surface area contributed by atoms with Crippen molar-refractivity contribution in [3.8, 4) is 5.75 Å². The highest BCUT2D eigenvalue weighted by atomic mass is 16.5. The number of rotatable bonds is 6. The fraction of sp³-hybridized carbons (Fsp3) is 0.400. The van der Waals surface area contributed by atoms with Crippen molar-refractivity contribution < 1.29 is 14.9 Å². The summed E-state index contributed by atoms with van der Waals surface area (Å²) in [6.07, 6.45) is 0.350. The fourth-order valence-electron chi connectivity index (χ4n) is 3.36. The summed E-state index contributed by atoms with van der Waals surface area (Å²) < 4.78 is 5.69. The van der Waals surface area contributed by atoms with Crippen molar-refractivity contribution in [2.45, 2.75) is 25.5 Å². The van der Waals surface area contributed by atoms with E-state index < -0.39 is 6.10 Å². The van der Waals surface area contributed by atoms with Crippen molar-refractivity contribution >= 4 is 0 Å². The van der Waals surface area contributed by atoms with Crippen LogP contribution in [0.2, 0.25) is 0 Å². The first-order valence-electron chi connectivity index (χ1n) is 8.47. The molecular weight excluding hydrogens is 302 g/mol. The molecule has 4 nitrogen and oxygen atoms in total. The van der Waals surface area contributed by atoms with Gasteiger partial charge in [-0.3, -0.25) is 4.90 Å². The van der Waals surface area contributed by atoms with Crippen LogP contribution in [0, 0.1) is 6.92 Å². The van der Waals surface area contributed by atoms with Crippen molar-refractivity contribution in [3.63, 3.8) is 0 Å². The van der Waals surface area contributed by atoms with E-state index in [1.807, 2.05) is 43.3 Å². The zero-order valence-corrected chi connectivity index (χ0v) is 14.1. The summed E-state index contributed by atoms with van der Waals surface area (Å²) in [4.78, 5) is 2.15. The van der Waals surface area contributed by atoms with Gasteiger partial charge >= 0.3 is 0 Å². The third-order valence-corrected chi connectivity index (χ3v) is 4.57. The van der Waals surface area contributed by atoms with Crippen LogP contribution in [0.15, 0.2) is 48.5 Å². The number of fused-ring (bicyclic) bond motifs is 1. The zero-order valence-electron chi connectivity index (χ0n) is 14.1. The molecule has 0 aromatic heterocycles. The molecule has 24 heavy (non-hydrogen) atoms. The van der Waals surface area contributed by atoms with Gasteiger partial charge in [0.2, 0.25) is 0 Å². The minimum atomic E-state index is -0.593. The van der Waals surface area contributed by atoms with Crippen LogP contribution in [0.5, 0.6) is 5.75 Å². The maximum absolute atomic E-state index is 10.3. The molecular formula is C20H25NO3. The Morgan fingerprint density at radius 2 is 2.04 bits per heavy atom. The molecule has 1 heterocycles. The molecule has 2 unspecified atom stereocenters. The Kier molecular flexibility index (Phi) is 5.51. The highest BCUT2D eigenvalue weighted by Gasteiger charge is 2.27. The van der Waals surface area contributed by atoms with Gasteiger partial charge in [0.25, 0.3) is 0 Å². The lowest BCUT2D eigenvalue weighted by Crippen LogP contribution is -2.43. The number of hydrogen-bond acceptors (Lipinski definition) is 4. The Morgan fingerprint density at radius 1 is 1.21 bits per heavy atom. The highest BCUT2D eigenvalue weighted by Crippen LogP contribution is 2.29. The Balaban J connectivity index is 1.59. The number of benzene rings is 2. The number of ether oxygens (including phenoxy) is 1. The number of aliphatic hydroxyl groups excluding tert-OH is 2. The summed E-state index contributed by atoms with van der Waals surface area (Å²) >= 11 is 0. The van der Waals surface area contributed by atoms with Crippen LogP contribution in [0.4, 0.5) is 0 Å². The second kappa shape index (κ2) is 7.79. The predicted molar refractivity (Wildman–Crippen MR) is 94.2 cm³/mol. The maximum atomic E-state index is 10.3.